The number of thiophene rings is 1. The molecule has 0 amide bonds. The Morgan fingerprint density at radius 3 is 2.72 bits per heavy atom. The fourth-order valence-electron chi connectivity index (χ4n) is 5.12. The molecule has 3 aromatic rings. The second-order valence-corrected chi connectivity index (χ2v) is 11.0. The number of allylic oxidation sites excluding steroid dienone is 3. The molecule has 1 N–H and O–H groups in total. The summed E-state index contributed by atoms with van der Waals surface area (Å²) in [5.41, 5.74) is 3.53. The first-order chi connectivity index (χ1) is 17.2. The molecular weight excluding hydrogens is 474 g/mol. The van der Waals surface area contributed by atoms with E-state index >= 15 is 0 Å². The maximum atomic E-state index is 13.8. The number of carbonyl (C=O) groups is 2. The van der Waals surface area contributed by atoms with E-state index in [9.17, 15) is 14.4 Å². The van der Waals surface area contributed by atoms with Gasteiger partial charge in [-0.15, -0.1) is 11.3 Å². The maximum absolute atomic E-state index is 13.8. The number of benzene rings is 1. The third-order valence-corrected chi connectivity index (χ3v) is 7.84. The van der Waals surface area contributed by atoms with Crippen LogP contribution in [0.3, 0.4) is 0 Å². The molecular formula is C29H29NO5S. The first kappa shape index (κ1) is 24.3. The Balaban J connectivity index is 1.67. The highest BCUT2D eigenvalue weighted by molar-refractivity contribution is 7.10. The molecule has 186 valence electrons. The van der Waals surface area contributed by atoms with E-state index in [1.54, 1.807) is 30.4 Å². The molecule has 1 aliphatic heterocycles. The zero-order valence-electron chi connectivity index (χ0n) is 20.8. The molecule has 0 radical (unpaired) electrons. The van der Waals surface area contributed by atoms with Gasteiger partial charge in [-0.05, 0) is 49.8 Å². The van der Waals surface area contributed by atoms with Crippen LogP contribution in [0.15, 0.2) is 73.7 Å². The number of carbonyl (C=O) groups excluding carboxylic acids is 2. The molecule has 6 nitrogen and oxygen atoms in total. The van der Waals surface area contributed by atoms with Crippen molar-refractivity contribution < 1.29 is 18.7 Å². The third kappa shape index (κ3) is 4.32. The second kappa shape index (κ2) is 9.54. The number of hydrogen-bond acceptors (Lipinski definition) is 7. The van der Waals surface area contributed by atoms with E-state index in [1.807, 2.05) is 44.4 Å². The number of hydrogen-bond donors (Lipinski definition) is 1. The largest absolute Gasteiger partial charge is 0.464 e. The Bertz CT molecular complexity index is 1480. The fraction of sp³-hybridized carbons (Fsp3) is 0.345. The van der Waals surface area contributed by atoms with E-state index in [0.717, 1.165) is 16.1 Å². The number of rotatable bonds is 5. The van der Waals surface area contributed by atoms with E-state index in [4.69, 9.17) is 9.15 Å². The fourth-order valence-corrected chi connectivity index (χ4v) is 5.96. The lowest BCUT2D eigenvalue weighted by Gasteiger charge is -2.36. The molecule has 0 spiro atoms. The van der Waals surface area contributed by atoms with Crippen molar-refractivity contribution in [2.75, 3.05) is 6.61 Å². The van der Waals surface area contributed by atoms with Crippen molar-refractivity contribution in [3.63, 3.8) is 0 Å². The minimum absolute atomic E-state index is 0.0577. The molecule has 2 aliphatic rings. The predicted molar refractivity (Wildman–Crippen MR) is 140 cm³/mol. The van der Waals surface area contributed by atoms with Crippen LogP contribution in [0.2, 0.25) is 0 Å². The summed E-state index contributed by atoms with van der Waals surface area (Å²) >= 11 is 1.63. The van der Waals surface area contributed by atoms with Crippen LogP contribution in [0.25, 0.3) is 11.0 Å². The lowest BCUT2D eigenvalue weighted by molar-refractivity contribution is -0.140. The highest BCUT2D eigenvalue weighted by atomic mass is 32.1. The summed E-state index contributed by atoms with van der Waals surface area (Å²) in [5, 5.41) is 5.78. The minimum Gasteiger partial charge on any atom is -0.464 e. The number of ketones is 1. The summed E-state index contributed by atoms with van der Waals surface area (Å²) in [6.07, 6.45) is 2.35. The molecule has 36 heavy (non-hydrogen) atoms. The topological polar surface area (TPSA) is 85.6 Å². The van der Waals surface area contributed by atoms with Crippen molar-refractivity contribution in [3.05, 3.63) is 90.7 Å². The number of dihydropyridines is 1. The van der Waals surface area contributed by atoms with Gasteiger partial charge in [0.2, 0.25) is 0 Å². The molecule has 5 rings (SSSR count). The number of ether oxygens (including phenoxy) is 1. The zero-order chi connectivity index (χ0) is 25.6. The molecule has 0 unspecified atom stereocenters. The summed E-state index contributed by atoms with van der Waals surface area (Å²) in [7, 11) is 0. The Kier molecular flexibility index (Phi) is 6.43. The van der Waals surface area contributed by atoms with E-state index in [-0.39, 0.29) is 40.8 Å². The van der Waals surface area contributed by atoms with Gasteiger partial charge in [0.05, 0.1) is 29.7 Å². The standard InChI is InChI=1S/C29H29NO5S/c1-15(2)13-35-29(33)25-17(4)30-21-11-18(24-6-5-9-36-24)12-22(31)27(21)26(25)20-14-34-23-8-7-16(3)10-19(23)28(20)32/h5-10,14-15,18,26,30H,11-13H2,1-4H3/t18-,26+/m0/s1. The van der Waals surface area contributed by atoms with Gasteiger partial charge in [-0.1, -0.05) is 31.5 Å². The van der Waals surface area contributed by atoms with Crippen LogP contribution in [-0.2, 0) is 14.3 Å². The first-order valence-electron chi connectivity index (χ1n) is 12.2. The molecule has 2 aromatic heterocycles. The molecule has 0 saturated carbocycles. The smallest absolute Gasteiger partial charge is 0.336 e. The van der Waals surface area contributed by atoms with Gasteiger partial charge in [-0.2, -0.15) is 0 Å². The van der Waals surface area contributed by atoms with Crippen LogP contribution >= 0.6 is 11.3 Å². The van der Waals surface area contributed by atoms with Gasteiger partial charge < -0.3 is 14.5 Å². The van der Waals surface area contributed by atoms with Gasteiger partial charge in [0, 0.05) is 39.7 Å². The zero-order valence-corrected chi connectivity index (χ0v) is 21.7. The summed E-state index contributed by atoms with van der Waals surface area (Å²) in [6, 6.07) is 9.46. The van der Waals surface area contributed by atoms with Gasteiger partial charge in [-0.25, -0.2) is 4.79 Å². The number of esters is 1. The minimum atomic E-state index is -0.848. The van der Waals surface area contributed by atoms with Crippen LogP contribution < -0.4 is 10.7 Å². The van der Waals surface area contributed by atoms with Crippen molar-refractivity contribution in [2.45, 2.75) is 52.4 Å². The molecule has 7 heteroatoms. The molecule has 1 aromatic carbocycles. The van der Waals surface area contributed by atoms with E-state index < -0.39 is 11.9 Å². The average molecular weight is 504 g/mol. The quantitative estimate of drug-likeness (QED) is 0.448. The molecule has 1 aliphatic carbocycles. The molecule has 2 atom stereocenters. The Hall–Kier alpha value is -3.45. The lowest BCUT2D eigenvalue weighted by atomic mass is 9.73. The predicted octanol–water partition coefficient (Wildman–Crippen LogP) is 5.72. The summed E-state index contributed by atoms with van der Waals surface area (Å²) in [4.78, 5) is 42.0. The van der Waals surface area contributed by atoms with Gasteiger partial charge in [-0.3, -0.25) is 9.59 Å². The lowest BCUT2D eigenvalue weighted by Crippen LogP contribution is -2.37. The average Bonchev–Trinajstić information content (AvgIpc) is 3.37. The maximum Gasteiger partial charge on any atom is 0.336 e. The van der Waals surface area contributed by atoms with Gasteiger partial charge in [0.1, 0.15) is 5.58 Å². The Labute approximate surface area is 213 Å². The van der Waals surface area contributed by atoms with Crippen LogP contribution in [0, 0.1) is 12.8 Å². The van der Waals surface area contributed by atoms with Crippen molar-refractivity contribution in [1.82, 2.24) is 5.32 Å². The van der Waals surface area contributed by atoms with Crippen LogP contribution in [0.4, 0.5) is 0 Å². The monoisotopic (exact) mass is 503 g/mol. The number of aryl methyl sites for hydroxylation is 1. The van der Waals surface area contributed by atoms with Crippen molar-refractivity contribution >= 4 is 34.1 Å². The summed E-state index contributed by atoms with van der Waals surface area (Å²) in [5.74, 6) is -1.24. The van der Waals surface area contributed by atoms with E-state index in [2.05, 4.69) is 5.32 Å². The Morgan fingerprint density at radius 1 is 1.19 bits per heavy atom. The molecule has 0 saturated heterocycles. The van der Waals surface area contributed by atoms with Crippen molar-refractivity contribution in [2.24, 2.45) is 5.92 Å². The normalized spacial score (nSPS) is 20.1. The van der Waals surface area contributed by atoms with E-state index in [1.165, 1.54) is 6.26 Å². The highest BCUT2D eigenvalue weighted by Gasteiger charge is 2.43. The third-order valence-electron chi connectivity index (χ3n) is 6.81. The van der Waals surface area contributed by atoms with Crippen LogP contribution in [-0.4, -0.2) is 18.4 Å². The van der Waals surface area contributed by atoms with Crippen molar-refractivity contribution in [1.29, 1.82) is 0 Å². The van der Waals surface area contributed by atoms with Gasteiger partial charge in [0.25, 0.3) is 0 Å². The van der Waals surface area contributed by atoms with E-state index in [0.29, 0.717) is 35.1 Å². The highest BCUT2D eigenvalue weighted by Crippen LogP contribution is 2.46. The molecule has 3 heterocycles. The number of fused-ring (bicyclic) bond motifs is 1. The van der Waals surface area contributed by atoms with Crippen LogP contribution in [0.5, 0.6) is 0 Å². The van der Waals surface area contributed by atoms with Crippen molar-refractivity contribution in [3.8, 4) is 0 Å². The summed E-state index contributed by atoms with van der Waals surface area (Å²) in [6.45, 7) is 7.87. The number of nitrogens with one attached hydrogen (secondary N) is 1. The molecule has 0 bridgehead atoms. The van der Waals surface area contributed by atoms with Gasteiger partial charge in [0.15, 0.2) is 11.2 Å². The molecule has 0 fully saturated rings. The number of Topliss-reactive ketones (excluding diaryl/α,β-unsaturated/α-hetero) is 1. The second-order valence-electron chi connectivity index (χ2n) is 10.0. The summed E-state index contributed by atoms with van der Waals surface area (Å²) < 4.78 is 11.5. The van der Waals surface area contributed by atoms with Crippen LogP contribution in [0.1, 0.15) is 61.5 Å². The van der Waals surface area contributed by atoms with Gasteiger partial charge >= 0.3 is 5.97 Å². The SMILES string of the molecule is CC1=C(C(=O)OCC(C)C)[C@@H](c2coc3ccc(C)cc3c2=O)C2=C(C[C@H](c3cccs3)CC2=O)N1. The first-order valence-corrected chi connectivity index (χ1v) is 13.1. The Morgan fingerprint density at radius 2 is 2.00 bits per heavy atom.